The molecule has 1 aromatic heterocycles. The molecule has 0 aliphatic heterocycles. The zero-order valence-electron chi connectivity index (χ0n) is 26.4. The number of aromatic nitrogens is 1. The molecule has 3 atom stereocenters. The summed E-state index contributed by atoms with van der Waals surface area (Å²) in [4.78, 5) is 77.8. The van der Waals surface area contributed by atoms with Crippen LogP contribution < -0.4 is 27.0 Å². The second kappa shape index (κ2) is 15.8. The highest BCUT2D eigenvalue weighted by molar-refractivity contribution is 5.95. The van der Waals surface area contributed by atoms with Crippen molar-refractivity contribution in [3.05, 3.63) is 36.0 Å². The Morgan fingerprint density at radius 1 is 0.844 bits per heavy atom. The number of carboxylic acid groups (broad SMARTS) is 1. The SMILES string of the molecule is CC(C)(C)OC(=O)NCCCC(NC(=O)C(Cc1c[nH]c2ccccc12)NC(=O)OC(C)(C)C)C(=O)NC(CC(=O)O)C(N)=O. The number of aromatic amines is 1. The predicted octanol–water partition coefficient (Wildman–Crippen LogP) is 1.84. The number of amides is 5. The topological polar surface area (TPSA) is 231 Å². The van der Waals surface area contributed by atoms with Gasteiger partial charge in [-0.15, -0.1) is 0 Å². The van der Waals surface area contributed by atoms with Crippen LogP contribution in [-0.2, 0) is 35.1 Å². The first kappa shape index (κ1) is 36.4. The summed E-state index contributed by atoms with van der Waals surface area (Å²) in [6.45, 7) is 10.2. The average molecular weight is 633 g/mol. The van der Waals surface area contributed by atoms with Crippen LogP contribution >= 0.6 is 0 Å². The molecule has 0 aliphatic rings. The van der Waals surface area contributed by atoms with Crippen LogP contribution in [0.5, 0.6) is 0 Å². The van der Waals surface area contributed by atoms with E-state index in [1.165, 1.54) is 0 Å². The van der Waals surface area contributed by atoms with Gasteiger partial charge in [-0.05, 0) is 66.0 Å². The molecule has 0 aliphatic carbocycles. The lowest BCUT2D eigenvalue weighted by atomic mass is 10.0. The minimum Gasteiger partial charge on any atom is -0.481 e. The molecule has 8 N–H and O–H groups in total. The molecular formula is C30H44N6O9. The normalized spacial score (nSPS) is 13.6. The highest BCUT2D eigenvalue weighted by Crippen LogP contribution is 2.20. The first-order valence-corrected chi connectivity index (χ1v) is 14.5. The van der Waals surface area contributed by atoms with Gasteiger partial charge in [0.05, 0.1) is 6.42 Å². The van der Waals surface area contributed by atoms with Gasteiger partial charge in [-0.25, -0.2) is 9.59 Å². The van der Waals surface area contributed by atoms with E-state index in [2.05, 4.69) is 26.3 Å². The molecular weight excluding hydrogens is 588 g/mol. The van der Waals surface area contributed by atoms with Gasteiger partial charge in [0.15, 0.2) is 0 Å². The molecule has 5 amide bonds. The number of primary amides is 1. The number of carbonyl (C=O) groups is 6. The third kappa shape index (κ3) is 13.1. The molecule has 15 nitrogen and oxygen atoms in total. The largest absolute Gasteiger partial charge is 0.481 e. The molecule has 1 aromatic carbocycles. The lowest BCUT2D eigenvalue weighted by Crippen LogP contribution is -2.57. The van der Waals surface area contributed by atoms with E-state index in [0.29, 0.717) is 5.56 Å². The fourth-order valence-corrected chi connectivity index (χ4v) is 4.20. The third-order valence-corrected chi connectivity index (χ3v) is 6.12. The van der Waals surface area contributed by atoms with Crippen molar-refractivity contribution in [1.82, 2.24) is 26.3 Å². The number of nitrogens with one attached hydrogen (secondary N) is 5. The number of aliphatic carboxylic acids is 1. The Kier molecular flexibility index (Phi) is 12.7. The van der Waals surface area contributed by atoms with E-state index in [9.17, 15) is 28.8 Å². The lowest BCUT2D eigenvalue weighted by Gasteiger charge is -2.26. The molecule has 1 heterocycles. The molecule has 248 valence electrons. The number of ether oxygens (including phenoxy) is 2. The highest BCUT2D eigenvalue weighted by atomic mass is 16.6. The number of nitrogens with two attached hydrogens (primary N) is 1. The summed E-state index contributed by atoms with van der Waals surface area (Å²) in [5, 5.41) is 19.9. The Balaban J connectivity index is 2.29. The Bertz CT molecular complexity index is 1380. The van der Waals surface area contributed by atoms with Gasteiger partial charge in [0.2, 0.25) is 17.7 Å². The first-order valence-electron chi connectivity index (χ1n) is 14.5. The number of para-hydroxylation sites is 1. The molecule has 2 aromatic rings. The fraction of sp³-hybridized carbons (Fsp3) is 0.533. The molecule has 3 unspecified atom stereocenters. The van der Waals surface area contributed by atoms with E-state index in [1.54, 1.807) is 47.7 Å². The van der Waals surface area contributed by atoms with Crippen molar-refractivity contribution in [2.75, 3.05) is 6.54 Å². The number of alkyl carbamates (subject to hydrolysis) is 2. The van der Waals surface area contributed by atoms with Gasteiger partial charge in [0, 0.05) is 30.1 Å². The summed E-state index contributed by atoms with van der Waals surface area (Å²) < 4.78 is 10.5. The summed E-state index contributed by atoms with van der Waals surface area (Å²) in [5.74, 6) is -4.08. The van der Waals surface area contributed by atoms with E-state index in [0.717, 1.165) is 10.9 Å². The van der Waals surface area contributed by atoms with Gasteiger partial charge in [0.25, 0.3) is 0 Å². The Morgan fingerprint density at radius 3 is 2.02 bits per heavy atom. The molecule has 0 saturated carbocycles. The Labute approximate surface area is 261 Å². The van der Waals surface area contributed by atoms with Crippen LogP contribution in [0.4, 0.5) is 9.59 Å². The second-order valence-corrected chi connectivity index (χ2v) is 12.5. The maximum absolute atomic E-state index is 13.7. The van der Waals surface area contributed by atoms with Crippen LogP contribution in [0.25, 0.3) is 10.9 Å². The van der Waals surface area contributed by atoms with Crippen molar-refractivity contribution in [3.63, 3.8) is 0 Å². The quantitative estimate of drug-likeness (QED) is 0.150. The zero-order chi connectivity index (χ0) is 33.9. The van der Waals surface area contributed by atoms with Gasteiger partial charge in [-0.1, -0.05) is 18.2 Å². The number of carbonyl (C=O) groups excluding carboxylic acids is 5. The van der Waals surface area contributed by atoms with E-state index in [1.807, 2.05) is 24.3 Å². The van der Waals surface area contributed by atoms with Crippen molar-refractivity contribution in [3.8, 4) is 0 Å². The summed E-state index contributed by atoms with van der Waals surface area (Å²) >= 11 is 0. The summed E-state index contributed by atoms with van der Waals surface area (Å²) in [6.07, 6.45) is -0.457. The van der Waals surface area contributed by atoms with Gasteiger partial charge >= 0.3 is 18.2 Å². The van der Waals surface area contributed by atoms with Gasteiger partial charge in [-0.3, -0.25) is 19.2 Å². The minimum absolute atomic E-state index is 0.0204. The van der Waals surface area contributed by atoms with Crippen LogP contribution in [0, 0.1) is 0 Å². The highest BCUT2D eigenvalue weighted by Gasteiger charge is 2.31. The minimum atomic E-state index is -1.55. The van der Waals surface area contributed by atoms with Crippen molar-refractivity contribution < 1.29 is 43.3 Å². The molecule has 2 rings (SSSR count). The molecule has 0 spiro atoms. The van der Waals surface area contributed by atoms with Crippen LogP contribution in [0.15, 0.2) is 30.5 Å². The average Bonchev–Trinajstić information content (AvgIpc) is 3.29. The molecule has 0 radical (unpaired) electrons. The van der Waals surface area contributed by atoms with Gasteiger partial charge in [0.1, 0.15) is 29.3 Å². The van der Waals surface area contributed by atoms with Crippen molar-refractivity contribution >= 4 is 46.8 Å². The number of fused-ring (bicyclic) bond motifs is 1. The molecule has 15 heteroatoms. The standard InChI is InChI=1S/C30H44N6O9/c1-29(2,3)44-27(42)32-13-9-12-20(25(40)35-21(24(31)39)15-23(37)38)34-26(41)22(36-28(43)45-30(4,5)6)14-17-16-33-19-11-8-7-10-18(17)19/h7-8,10-11,16,20-22,33H,9,12-15H2,1-6H3,(H2,31,39)(H,32,42)(H,34,41)(H,35,40)(H,36,43)(H,37,38). The number of rotatable bonds is 14. The molecule has 0 fully saturated rings. The summed E-state index contributed by atoms with van der Waals surface area (Å²) in [6, 6.07) is 3.32. The number of benzene rings is 1. The lowest BCUT2D eigenvalue weighted by molar-refractivity contribution is -0.140. The number of carboxylic acids is 1. The van der Waals surface area contributed by atoms with Crippen LogP contribution in [-0.4, -0.2) is 81.8 Å². The maximum Gasteiger partial charge on any atom is 0.408 e. The number of hydrogen-bond donors (Lipinski definition) is 7. The zero-order valence-corrected chi connectivity index (χ0v) is 26.4. The van der Waals surface area contributed by atoms with E-state index in [4.69, 9.17) is 20.3 Å². The maximum atomic E-state index is 13.7. The van der Waals surface area contributed by atoms with Crippen LogP contribution in [0.3, 0.4) is 0 Å². The van der Waals surface area contributed by atoms with Crippen molar-refractivity contribution in [2.24, 2.45) is 5.73 Å². The predicted molar refractivity (Wildman–Crippen MR) is 164 cm³/mol. The van der Waals surface area contributed by atoms with E-state index >= 15 is 0 Å². The van der Waals surface area contributed by atoms with E-state index in [-0.39, 0.29) is 25.8 Å². The number of H-pyrrole nitrogens is 1. The van der Waals surface area contributed by atoms with Crippen LogP contribution in [0.2, 0.25) is 0 Å². The fourth-order valence-electron chi connectivity index (χ4n) is 4.20. The van der Waals surface area contributed by atoms with Gasteiger partial charge in [-0.2, -0.15) is 0 Å². The van der Waals surface area contributed by atoms with E-state index < -0.39 is 71.6 Å². The van der Waals surface area contributed by atoms with Gasteiger partial charge < -0.3 is 46.6 Å². The smallest absolute Gasteiger partial charge is 0.408 e. The molecule has 0 bridgehead atoms. The summed E-state index contributed by atoms with van der Waals surface area (Å²) in [5.41, 5.74) is 5.22. The third-order valence-electron chi connectivity index (χ3n) is 6.12. The molecule has 0 saturated heterocycles. The Hall–Kier alpha value is -4.82. The van der Waals surface area contributed by atoms with Crippen LogP contribution in [0.1, 0.15) is 66.4 Å². The summed E-state index contributed by atoms with van der Waals surface area (Å²) in [7, 11) is 0. The Morgan fingerprint density at radius 2 is 1.42 bits per heavy atom. The van der Waals surface area contributed by atoms with Crippen molar-refractivity contribution in [1.29, 1.82) is 0 Å². The molecule has 45 heavy (non-hydrogen) atoms. The monoisotopic (exact) mass is 632 g/mol. The second-order valence-electron chi connectivity index (χ2n) is 12.5. The first-order chi connectivity index (χ1) is 20.8. The van der Waals surface area contributed by atoms with Crippen molar-refractivity contribution in [2.45, 2.75) is 96.6 Å². The number of hydrogen-bond acceptors (Lipinski definition) is 8.